The Balaban J connectivity index is 1.56. The lowest BCUT2D eigenvalue weighted by atomic mass is 10.2. The second-order valence-electron chi connectivity index (χ2n) is 6.38. The van der Waals surface area contributed by atoms with Crippen molar-refractivity contribution in [2.45, 2.75) is 6.42 Å². The number of hydrogen-bond donors (Lipinski definition) is 1. The van der Waals surface area contributed by atoms with Crippen LogP contribution >= 0.6 is 0 Å². The number of rotatable bonds is 7. The van der Waals surface area contributed by atoms with Crippen LogP contribution in [-0.4, -0.2) is 57.2 Å². The van der Waals surface area contributed by atoms with Gasteiger partial charge in [0.2, 0.25) is 0 Å². The molecular weight excluding hydrogens is 340 g/mol. The van der Waals surface area contributed by atoms with Crippen molar-refractivity contribution in [2.24, 2.45) is 4.99 Å². The van der Waals surface area contributed by atoms with E-state index in [4.69, 9.17) is 14.1 Å². The number of hydrogen-bond acceptors (Lipinski definition) is 4. The maximum absolute atomic E-state index is 5.39. The Morgan fingerprint density at radius 1 is 1.22 bits per heavy atom. The topological polar surface area (TPSA) is 53.2 Å². The minimum atomic E-state index is 0.700. The molecule has 0 amide bonds. The maximum atomic E-state index is 5.39. The van der Waals surface area contributed by atoms with E-state index >= 15 is 0 Å². The predicted molar refractivity (Wildman–Crippen MR) is 110 cm³/mol. The monoisotopic (exact) mass is 368 g/mol. The van der Waals surface area contributed by atoms with Crippen LogP contribution in [0.25, 0.3) is 0 Å². The second kappa shape index (κ2) is 9.71. The molecule has 0 radical (unpaired) electrons. The molecule has 144 valence electrons. The van der Waals surface area contributed by atoms with E-state index in [1.165, 1.54) is 5.69 Å². The molecular formula is C21H28N4O2. The standard InChI is InChI=1S/C21H28N4O2/c1-3-11-22-21(23-12-10-20-5-4-17-27-20)25-15-13-24(14-16-25)18-6-8-19(26-2)9-7-18/h3-9,17H,1,10-16H2,2H3,(H,22,23). The second-order valence-corrected chi connectivity index (χ2v) is 6.38. The van der Waals surface area contributed by atoms with Gasteiger partial charge in [-0.15, -0.1) is 6.58 Å². The molecule has 0 bridgehead atoms. The molecule has 0 aliphatic carbocycles. The maximum Gasteiger partial charge on any atom is 0.194 e. The molecule has 0 saturated carbocycles. The lowest BCUT2D eigenvalue weighted by molar-refractivity contribution is 0.373. The highest BCUT2D eigenvalue weighted by molar-refractivity contribution is 5.80. The molecule has 1 aliphatic rings. The van der Waals surface area contributed by atoms with E-state index in [-0.39, 0.29) is 0 Å². The van der Waals surface area contributed by atoms with E-state index in [2.05, 4.69) is 33.8 Å². The van der Waals surface area contributed by atoms with Gasteiger partial charge in [0.15, 0.2) is 5.96 Å². The van der Waals surface area contributed by atoms with Gasteiger partial charge in [0, 0.05) is 51.4 Å². The van der Waals surface area contributed by atoms with Gasteiger partial charge in [-0.1, -0.05) is 6.08 Å². The minimum absolute atomic E-state index is 0.700. The number of anilines is 1. The zero-order valence-electron chi connectivity index (χ0n) is 15.9. The first kappa shape index (κ1) is 18.9. The summed E-state index contributed by atoms with van der Waals surface area (Å²) in [5, 5.41) is 3.38. The Kier molecular flexibility index (Phi) is 6.79. The third-order valence-corrected chi connectivity index (χ3v) is 4.62. The van der Waals surface area contributed by atoms with Gasteiger partial charge in [-0.2, -0.15) is 0 Å². The minimum Gasteiger partial charge on any atom is -0.497 e. The van der Waals surface area contributed by atoms with Crippen molar-refractivity contribution >= 4 is 11.6 Å². The zero-order chi connectivity index (χ0) is 18.9. The fraction of sp³-hybridized carbons (Fsp3) is 0.381. The van der Waals surface area contributed by atoms with E-state index in [0.717, 1.165) is 50.1 Å². The van der Waals surface area contributed by atoms with Crippen molar-refractivity contribution in [3.63, 3.8) is 0 Å². The highest BCUT2D eigenvalue weighted by atomic mass is 16.5. The number of benzene rings is 1. The van der Waals surface area contributed by atoms with Crippen molar-refractivity contribution in [2.75, 3.05) is 51.3 Å². The van der Waals surface area contributed by atoms with Crippen molar-refractivity contribution in [3.8, 4) is 5.75 Å². The molecule has 0 unspecified atom stereocenters. The SMILES string of the molecule is C=CCNC(=NCCc1ccco1)N1CCN(c2ccc(OC)cc2)CC1. The van der Waals surface area contributed by atoms with Gasteiger partial charge < -0.3 is 24.3 Å². The van der Waals surface area contributed by atoms with Crippen LogP contribution in [0, 0.1) is 0 Å². The van der Waals surface area contributed by atoms with E-state index in [0.29, 0.717) is 13.1 Å². The molecule has 2 aromatic rings. The molecule has 1 aliphatic heterocycles. The fourth-order valence-electron chi connectivity index (χ4n) is 3.13. The number of methoxy groups -OCH3 is 1. The third kappa shape index (κ3) is 5.29. The van der Waals surface area contributed by atoms with Crippen molar-refractivity contribution in [1.29, 1.82) is 0 Å². The third-order valence-electron chi connectivity index (χ3n) is 4.62. The fourth-order valence-corrected chi connectivity index (χ4v) is 3.13. The zero-order valence-corrected chi connectivity index (χ0v) is 15.9. The van der Waals surface area contributed by atoms with E-state index in [1.54, 1.807) is 13.4 Å². The van der Waals surface area contributed by atoms with Crippen LogP contribution in [0.1, 0.15) is 5.76 Å². The van der Waals surface area contributed by atoms with E-state index in [9.17, 15) is 0 Å². The Morgan fingerprint density at radius 3 is 2.63 bits per heavy atom. The lowest BCUT2D eigenvalue weighted by Gasteiger charge is -2.37. The molecule has 1 saturated heterocycles. The Labute approximate surface area is 161 Å². The average molecular weight is 368 g/mol. The summed E-state index contributed by atoms with van der Waals surface area (Å²) in [5.41, 5.74) is 1.23. The van der Waals surface area contributed by atoms with Gasteiger partial charge in [-0.05, 0) is 36.4 Å². The molecule has 27 heavy (non-hydrogen) atoms. The van der Waals surface area contributed by atoms with Crippen LogP contribution in [0.15, 0.2) is 64.7 Å². The van der Waals surface area contributed by atoms with Gasteiger partial charge in [-0.25, -0.2) is 0 Å². The predicted octanol–water partition coefficient (Wildman–Crippen LogP) is 2.78. The first-order valence-corrected chi connectivity index (χ1v) is 9.35. The number of furan rings is 1. The van der Waals surface area contributed by atoms with Crippen LogP contribution < -0.4 is 15.0 Å². The number of guanidine groups is 1. The average Bonchev–Trinajstić information content (AvgIpc) is 3.24. The van der Waals surface area contributed by atoms with Gasteiger partial charge in [0.1, 0.15) is 11.5 Å². The molecule has 1 fully saturated rings. The van der Waals surface area contributed by atoms with E-state index in [1.807, 2.05) is 30.3 Å². The molecule has 2 heterocycles. The molecule has 1 aromatic heterocycles. The summed E-state index contributed by atoms with van der Waals surface area (Å²) < 4.78 is 10.6. The summed E-state index contributed by atoms with van der Waals surface area (Å²) in [6, 6.07) is 12.1. The summed E-state index contributed by atoms with van der Waals surface area (Å²) in [6.45, 7) is 8.97. The molecule has 0 atom stereocenters. The first-order valence-electron chi connectivity index (χ1n) is 9.35. The van der Waals surface area contributed by atoms with Crippen LogP contribution in [-0.2, 0) is 6.42 Å². The largest absolute Gasteiger partial charge is 0.497 e. The Morgan fingerprint density at radius 2 is 2.00 bits per heavy atom. The summed E-state index contributed by atoms with van der Waals surface area (Å²) >= 11 is 0. The number of aliphatic imine (C=N–C) groups is 1. The molecule has 6 nitrogen and oxygen atoms in total. The van der Waals surface area contributed by atoms with Gasteiger partial charge >= 0.3 is 0 Å². The highest BCUT2D eigenvalue weighted by Crippen LogP contribution is 2.20. The smallest absolute Gasteiger partial charge is 0.194 e. The molecule has 1 aromatic carbocycles. The van der Waals surface area contributed by atoms with Crippen LogP contribution in [0.2, 0.25) is 0 Å². The number of nitrogens with one attached hydrogen (secondary N) is 1. The number of nitrogens with zero attached hydrogens (tertiary/aromatic N) is 3. The van der Waals surface area contributed by atoms with Crippen molar-refractivity contribution in [3.05, 3.63) is 61.1 Å². The van der Waals surface area contributed by atoms with Crippen LogP contribution in [0.5, 0.6) is 5.75 Å². The summed E-state index contributed by atoms with van der Waals surface area (Å²) in [4.78, 5) is 9.47. The quantitative estimate of drug-likeness (QED) is 0.463. The number of piperazine rings is 1. The molecule has 3 rings (SSSR count). The normalized spacial score (nSPS) is 14.9. The van der Waals surface area contributed by atoms with Gasteiger partial charge in [-0.3, -0.25) is 4.99 Å². The Bertz CT molecular complexity index is 717. The molecule has 0 spiro atoms. The molecule has 6 heteroatoms. The summed E-state index contributed by atoms with van der Waals surface area (Å²) in [6.07, 6.45) is 4.36. The highest BCUT2D eigenvalue weighted by Gasteiger charge is 2.19. The lowest BCUT2D eigenvalue weighted by Crippen LogP contribution is -2.52. The van der Waals surface area contributed by atoms with Gasteiger partial charge in [0.25, 0.3) is 0 Å². The number of ether oxygens (including phenoxy) is 1. The van der Waals surface area contributed by atoms with Crippen LogP contribution in [0.3, 0.4) is 0 Å². The summed E-state index contributed by atoms with van der Waals surface area (Å²) in [7, 11) is 1.69. The molecule has 1 N–H and O–H groups in total. The summed E-state index contributed by atoms with van der Waals surface area (Å²) in [5.74, 6) is 2.79. The van der Waals surface area contributed by atoms with Crippen LogP contribution in [0.4, 0.5) is 5.69 Å². The first-order chi connectivity index (χ1) is 13.3. The Hall–Kier alpha value is -2.89. The van der Waals surface area contributed by atoms with Gasteiger partial charge in [0.05, 0.1) is 13.4 Å². The van der Waals surface area contributed by atoms with Crippen molar-refractivity contribution in [1.82, 2.24) is 10.2 Å². The van der Waals surface area contributed by atoms with Crippen molar-refractivity contribution < 1.29 is 9.15 Å². The van der Waals surface area contributed by atoms with E-state index < -0.39 is 0 Å².